The molecule has 3 aromatic rings. The predicted octanol–water partition coefficient (Wildman–Crippen LogP) is 3.48. The molecule has 7 nitrogen and oxygen atoms in total. The third kappa shape index (κ3) is 4.41. The summed E-state index contributed by atoms with van der Waals surface area (Å²) >= 11 is 0. The van der Waals surface area contributed by atoms with Crippen LogP contribution in [0, 0.1) is 5.92 Å². The van der Waals surface area contributed by atoms with Gasteiger partial charge in [0.1, 0.15) is 5.75 Å². The van der Waals surface area contributed by atoms with Crippen LogP contribution in [0.2, 0.25) is 0 Å². The van der Waals surface area contributed by atoms with E-state index in [0.717, 1.165) is 17.7 Å². The second kappa shape index (κ2) is 7.61. The van der Waals surface area contributed by atoms with E-state index in [9.17, 15) is 18.0 Å². The lowest BCUT2D eigenvalue weighted by Crippen LogP contribution is -2.39. The van der Waals surface area contributed by atoms with Gasteiger partial charge in [0.25, 0.3) is 0 Å². The Morgan fingerprint density at radius 2 is 1.90 bits per heavy atom. The number of nitrogens with zero attached hydrogens (tertiary/aromatic N) is 4. The van der Waals surface area contributed by atoms with Crippen molar-refractivity contribution in [1.82, 2.24) is 14.6 Å². The fraction of sp³-hybridized carbons (Fsp3) is 0.316. The number of carbonyl (C=O) groups is 1. The van der Waals surface area contributed by atoms with Gasteiger partial charge >= 0.3 is 6.36 Å². The van der Waals surface area contributed by atoms with Crippen molar-refractivity contribution in [2.24, 2.45) is 5.92 Å². The number of pyridine rings is 1. The molecule has 1 aromatic carbocycles. The maximum absolute atomic E-state index is 12.5. The van der Waals surface area contributed by atoms with Crippen molar-refractivity contribution in [1.29, 1.82) is 0 Å². The minimum absolute atomic E-state index is 0.222. The summed E-state index contributed by atoms with van der Waals surface area (Å²) in [6.07, 6.45) is -1.68. The molecule has 0 atom stereocenters. The summed E-state index contributed by atoms with van der Waals surface area (Å²) in [5, 5.41) is 11.0. The molecule has 152 valence electrons. The van der Waals surface area contributed by atoms with Gasteiger partial charge in [-0.25, -0.2) is 0 Å². The van der Waals surface area contributed by atoms with E-state index in [1.165, 1.54) is 18.2 Å². The Balaban J connectivity index is 1.36. The quantitative estimate of drug-likeness (QED) is 0.720. The van der Waals surface area contributed by atoms with E-state index in [1.54, 1.807) is 0 Å². The fourth-order valence-electron chi connectivity index (χ4n) is 3.40. The molecule has 1 amide bonds. The monoisotopic (exact) mass is 405 g/mol. The van der Waals surface area contributed by atoms with Gasteiger partial charge in [0.15, 0.2) is 5.65 Å². The summed E-state index contributed by atoms with van der Waals surface area (Å²) in [4.78, 5) is 14.6. The summed E-state index contributed by atoms with van der Waals surface area (Å²) in [6, 6.07) is 10.9. The van der Waals surface area contributed by atoms with Gasteiger partial charge in [0, 0.05) is 37.0 Å². The predicted molar refractivity (Wildman–Crippen MR) is 99.7 cm³/mol. The zero-order valence-electron chi connectivity index (χ0n) is 15.3. The number of amides is 1. The van der Waals surface area contributed by atoms with Crippen molar-refractivity contribution in [3.63, 3.8) is 0 Å². The van der Waals surface area contributed by atoms with Crippen molar-refractivity contribution in [2.75, 3.05) is 23.3 Å². The van der Waals surface area contributed by atoms with Crippen LogP contribution in [-0.4, -0.2) is 40.0 Å². The van der Waals surface area contributed by atoms with Crippen LogP contribution in [0.4, 0.5) is 24.8 Å². The molecule has 0 radical (unpaired) electrons. The minimum atomic E-state index is -4.78. The molecule has 1 aliphatic heterocycles. The lowest BCUT2D eigenvalue weighted by molar-refractivity contribution is -0.274. The van der Waals surface area contributed by atoms with Crippen LogP contribution in [0.1, 0.15) is 12.8 Å². The van der Waals surface area contributed by atoms with E-state index in [1.807, 2.05) is 28.8 Å². The SMILES string of the molecule is O=C(Nc1cccc(OC(F)(F)F)c1)C1CCN(c2nnc3ccccn23)CC1. The van der Waals surface area contributed by atoms with Crippen molar-refractivity contribution >= 4 is 23.2 Å². The number of carbonyl (C=O) groups excluding carboxylic acids is 1. The average molecular weight is 405 g/mol. The number of anilines is 2. The lowest BCUT2D eigenvalue weighted by Gasteiger charge is -2.31. The third-order valence-electron chi connectivity index (χ3n) is 4.78. The van der Waals surface area contributed by atoms with Crippen LogP contribution in [0.25, 0.3) is 5.65 Å². The van der Waals surface area contributed by atoms with Gasteiger partial charge < -0.3 is 15.0 Å². The normalized spacial score (nSPS) is 15.5. The maximum Gasteiger partial charge on any atom is 0.573 e. The first-order chi connectivity index (χ1) is 13.9. The van der Waals surface area contributed by atoms with Crippen molar-refractivity contribution in [3.8, 4) is 5.75 Å². The number of aromatic nitrogens is 3. The molecular weight excluding hydrogens is 387 g/mol. The highest BCUT2D eigenvalue weighted by atomic mass is 19.4. The summed E-state index contributed by atoms with van der Waals surface area (Å²) in [6.45, 7) is 1.26. The number of piperidine rings is 1. The van der Waals surface area contributed by atoms with Gasteiger partial charge in [0.2, 0.25) is 11.9 Å². The number of nitrogens with one attached hydrogen (secondary N) is 1. The van der Waals surface area contributed by atoms with Crippen molar-refractivity contribution in [3.05, 3.63) is 48.7 Å². The third-order valence-corrected chi connectivity index (χ3v) is 4.78. The molecule has 0 unspecified atom stereocenters. The van der Waals surface area contributed by atoms with Gasteiger partial charge in [-0.2, -0.15) is 0 Å². The van der Waals surface area contributed by atoms with E-state index < -0.39 is 6.36 Å². The molecule has 2 aromatic heterocycles. The van der Waals surface area contributed by atoms with Gasteiger partial charge in [-0.1, -0.05) is 12.1 Å². The Kier molecular flexibility index (Phi) is 4.99. The molecule has 0 aliphatic carbocycles. The van der Waals surface area contributed by atoms with Gasteiger partial charge in [-0.15, -0.1) is 23.4 Å². The zero-order valence-corrected chi connectivity index (χ0v) is 15.3. The Bertz CT molecular complexity index is 1010. The van der Waals surface area contributed by atoms with Crippen LogP contribution in [0.3, 0.4) is 0 Å². The summed E-state index contributed by atoms with van der Waals surface area (Å²) in [5.74, 6) is -0.0993. The molecule has 1 saturated heterocycles. The summed E-state index contributed by atoms with van der Waals surface area (Å²) < 4.78 is 42.8. The summed E-state index contributed by atoms with van der Waals surface area (Å²) in [5.41, 5.74) is 1.02. The largest absolute Gasteiger partial charge is 0.573 e. The molecule has 0 saturated carbocycles. The number of rotatable bonds is 4. The molecule has 29 heavy (non-hydrogen) atoms. The Labute approximate surface area is 164 Å². The number of ether oxygens (including phenoxy) is 1. The van der Waals surface area contributed by atoms with Gasteiger partial charge in [0.05, 0.1) is 0 Å². The first-order valence-electron chi connectivity index (χ1n) is 9.10. The van der Waals surface area contributed by atoms with E-state index in [0.29, 0.717) is 25.9 Å². The van der Waals surface area contributed by atoms with Crippen LogP contribution in [0.5, 0.6) is 5.75 Å². The van der Waals surface area contributed by atoms with Gasteiger partial charge in [-0.05, 0) is 37.1 Å². The minimum Gasteiger partial charge on any atom is -0.406 e. The highest BCUT2D eigenvalue weighted by Gasteiger charge is 2.31. The Hall–Kier alpha value is -3.30. The molecular formula is C19H18F3N5O2. The molecule has 0 spiro atoms. The number of halogens is 3. The molecule has 1 fully saturated rings. The van der Waals surface area contributed by atoms with E-state index in [4.69, 9.17) is 0 Å². The molecule has 0 bridgehead atoms. The van der Waals surface area contributed by atoms with E-state index in [2.05, 4.69) is 25.2 Å². The number of hydrogen-bond acceptors (Lipinski definition) is 5. The van der Waals surface area contributed by atoms with Crippen molar-refractivity contribution in [2.45, 2.75) is 19.2 Å². The Morgan fingerprint density at radius 3 is 2.66 bits per heavy atom. The van der Waals surface area contributed by atoms with Crippen molar-refractivity contribution < 1.29 is 22.7 Å². The average Bonchev–Trinajstić information content (AvgIpc) is 3.11. The molecule has 1 N–H and O–H groups in total. The van der Waals surface area contributed by atoms with Crippen LogP contribution >= 0.6 is 0 Å². The maximum atomic E-state index is 12.5. The molecule has 10 heteroatoms. The summed E-state index contributed by atoms with van der Waals surface area (Å²) in [7, 11) is 0. The number of fused-ring (bicyclic) bond motifs is 1. The molecule has 3 heterocycles. The lowest BCUT2D eigenvalue weighted by atomic mass is 9.96. The highest BCUT2D eigenvalue weighted by molar-refractivity contribution is 5.92. The standard InChI is InChI=1S/C19H18F3N5O2/c20-19(21,22)29-15-5-3-4-14(12-15)23-17(28)13-7-10-26(11-8-13)18-25-24-16-6-1-2-9-27(16)18/h1-6,9,12-13H,7-8,10-11H2,(H,23,28). The number of benzene rings is 1. The fourth-order valence-corrected chi connectivity index (χ4v) is 3.40. The second-order valence-electron chi connectivity index (χ2n) is 6.76. The van der Waals surface area contributed by atoms with Gasteiger partial charge in [-0.3, -0.25) is 9.20 Å². The van der Waals surface area contributed by atoms with Crippen LogP contribution in [0.15, 0.2) is 48.7 Å². The van der Waals surface area contributed by atoms with E-state index >= 15 is 0 Å². The van der Waals surface area contributed by atoms with E-state index in [-0.39, 0.29) is 23.3 Å². The topological polar surface area (TPSA) is 71.8 Å². The number of hydrogen-bond donors (Lipinski definition) is 1. The Morgan fingerprint density at radius 1 is 1.10 bits per heavy atom. The highest BCUT2D eigenvalue weighted by Crippen LogP contribution is 2.27. The number of alkyl halides is 3. The first-order valence-corrected chi connectivity index (χ1v) is 9.10. The van der Waals surface area contributed by atoms with Crippen LogP contribution in [-0.2, 0) is 4.79 Å². The molecule has 1 aliphatic rings. The molecule has 4 rings (SSSR count). The smallest absolute Gasteiger partial charge is 0.406 e. The second-order valence-corrected chi connectivity index (χ2v) is 6.76. The zero-order chi connectivity index (χ0) is 20.4. The van der Waals surface area contributed by atoms with Crippen LogP contribution < -0.4 is 15.0 Å². The first kappa shape index (κ1) is 19.0.